The van der Waals surface area contributed by atoms with Gasteiger partial charge in [0.1, 0.15) is 0 Å². The molecule has 0 spiro atoms. The van der Waals surface area contributed by atoms with Crippen LogP contribution in [0, 0.1) is 17.3 Å². The number of aliphatic hydroxyl groups excluding tert-OH is 1. The van der Waals surface area contributed by atoms with Gasteiger partial charge < -0.3 is 10.2 Å². The number of rotatable bonds is 3. The molecule has 2 N–H and O–H groups in total. The second kappa shape index (κ2) is 6.55. The van der Waals surface area contributed by atoms with Gasteiger partial charge in [-0.2, -0.15) is 0 Å². The Balaban J connectivity index is 2.62. The lowest BCUT2D eigenvalue weighted by molar-refractivity contribution is -0.150. The van der Waals surface area contributed by atoms with E-state index in [0.717, 1.165) is 44.9 Å². The smallest absolute Gasteiger partial charge is 0.309 e. The molecule has 1 aliphatic carbocycles. The van der Waals surface area contributed by atoms with E-state index in [0.29, 0.717) is 5.92 Å². The van der Waals surface area contributed by atoms with E-state index < -0.39 is 11.4 Å². The zero-order valence-electron chi connectivity index (χ0n) is 12.0. The van der Waals surface area contributed by atoms with Gasteiger partial charge in [-0.05, 0) is 58.3 Å². The normalized spacial score (nSPS) is 28.9. The monoisotopic (exact) mass is 256 g/mol. The first-order chi connectivity index (χ1) is 8.35. The number of aliphatic hydroxyl groups is 1. The van der Waals surface area contributed by atoms with E-state index in [1.807, 2.05) is 20.8 Å². The molecule has 3 nitrogen and oxygen atoms in total. The Morgan fingerprint density at radius 3 is 2.17 bits per heavy atom. The van der Waals surface area contributed by atoms with Gasteiger partial charge in [0.05, 0.1) is 11.5 Å². The fourth-order valence-electron chi connectivity index (χ4n) is 3.09. The summed E-state index contributed by atoms with van der Waals surface area (Å²) in [5.41, 5.74) is -0.620. The lowest BCUT2D eigenvalue weighted by atomic mass is 9.74. The minimum atomic E-state index is -0.682. The van der Waals surface area contributed by atoms with Crippen LogP contribution in [0.5, 0.6) is 0 Å². The fraction of sp³-hybridized carbons (Fsp3) is 0.933. The Morgan fingerprint density at radius 2 is 1.61 bits per heavy atom. The molecule has 3 atom stereocenters. The van der Waals surface area contributed by atoms with Gasteiger partial charge in [-0.1, -0.05) is 19.3 Å². The summed E-state index contributed by atoms with van der Waals surface area (Å²) >= 11 is 0. The fourth-order valence-corrected chi connectivity index (χ4v) is 3.09. The number of hydrogen-bond acceptors (Lipinski definition) is 2. The van der Waals surface area contributed by atoms with Crippen LogP contribution >= 0.6 is 0 Å². The molecule has 1 rings (SSSR count). The van der Waals surface area contributed by atoms with Gasteiger partial charge in [0.15, 0.2) is 0 Å². The van der Waals surface area contributed by atoms with Crippen molar-refractivity contribution < 1.29 is 15.0 Å². The van der Waals surface area contributed by atoms with Crippen LogP contribution in [0.1, 0.15) is 65.7 Å². The van der Waals surface area contributed by atoms with Crippen molar-refractivity contribution in [3.63, 3.8) is 0 Å². The van der Waals surface area contributed by atoms with Crippen molar-refractivity contribution in [1.82, 2.24) is 0 Å². The summed E-state index contributed by atoms with van der Waals surface area (Å²) in [6.45, 7) is 5.58. The molecule has 3 heteroatoms. The molecular formula is C15H28O3. The largest absolute Gasteiger partial charge is 0.481 e. The first kappa shape index (κ1) is 15.5. The number of carboxylic acids is 1. The summed E-state index contributed by atoms with van der Waals surface area (Å²) in [4.78, 5) is 11.3. The number of carbonyl (C=O) groups is 1. The summed E-state index contributed by atoms with van der Waals surface area (Å²) < 4.78 is 0. The lowest BCUT2D eigenvalue weighted by Gasteiger charge is -2.30. The van der Waals surface area contributed by atoms with Gasteiger partial charge in [-0.3, -0.25) is 4.79 Å². The van der Waals surface area contributed by atoms with Crippen molar-refractivity contribution in [2.24, 2.45) is 17.3 Å². The molecular weight excluding hydrogens is 228 g/mol. The molecule has 1 fully saturated rings. The molecule has 0 aromatic rings. The van der Waals surface area contributed by atoms with Crippen LogP contribution in [-0.2, 0) is 4.79 Å². The Bertz CT molecular complexity index is 271. The Labute approximate surface area is 111 Å². The van der Waals surface area contributed by atoms with Crippen LogP contribution in [0.4, 0.5) is 0 Å². The molecule has 0 saturated heterocycles. The average molecular weight is 256 g/mol. The highest BCUT2D eigenvalue weighted by Crippen LogP contribution is 2.37. The molecule has 0 aliphatic heterocycles. The van der Waals surface area contributed by atoms with E-state index in [-0.39, 0.29) is 12.0 Å². The molecule has 1 aliphatic rings. The first-order valence-corrected chi connectivity index (χ1v) is 7.27. The maximum atomic E-state index is 11.3. The summed E-state index contributed by atoms with van der Waals surface area (Å²) in [7, 11) is 0. The number of aliphatic carboxylic acids is 1. The molecule has 106 valence electrons. The van der Waals surface area contributed by atoms with Crippen molar-refractivity contribution in [1.29, 1.82) is 0 Å². The van der Waals surface area contributed by atoms with E-state index in [2.05, 4.69) is 0 Å². The molecule has 18 heavy (non-hydrogen) atoms. The number of carboxylic acid groups (broad SMARTS) is 1. The van der Waals surface area contributed by atoms with Crippen LogP contribution in [-0.4, -0.2) is 22.3 Å². The zero-order valence-corrected chi connectivity index (χ0v) is 12.0. The standard InChI is InChI=1S/C15H28O3/c1-11(16)12-7-4-5-9-13(10-6-8-12)15(2,3)14(17)18/h11-13,16H,4-10H2,1-3H3,(H,17,18)/t11?,12-,13?/m1/s1. The topological polar surface area (TPSA) is 57.5 Å². The highest BCUT2D eigenvalue weighted by molar-refractivity contribution is 5.74. The molecule has 0 heterocycles. The Kier molecular flexibility index (Phi) is 5.64. The van der Waals surface area contributed by atoms with Crippen LogP contribution in [0.3, 0.4) is 0 Å². The van der Waals surface area contributed by atoms with E-state index in [1.165, 1.54) is 0 Å². The van der Waals surface area contributed by atoms with Crippen LogP contribution in [0.15, 0.2) is 0 Å². The lowest BCUT2D eigenvalue weighted by Crippen LogP contribution is -2.33. The predicted molar refractivity (Wildman–Crippen MR) is 72.4 cm³/mol. The van der Waals surface area contributed by atoms with Crippen molar-refractivity contribution in [3.05, 3.63) is 0 Å². The highest BCUT2D eigenvalue weighted by Gasteiger charge is 2.36. The molecule has 1 saturated carbocycles. The second-order valence-electron chi connectivity index (χ2n) is 6.44. The third kappa shape index (κ3) is 3.98. The minimum Gasteiger partial charge on any atom is -0.481 e. The van der Waals surface area contributed by atoms with Crippen LogP contribution < -0.4 is 0 Å². The van der Waals surface area contributed by atoms with Crippen molar-refractivity contribution >= 4 is 5.97 Å². The molecule has 0 bridgehead atoms. The molecule has 0 aromatic heterocycles. The van der Waals surface area contributed by atoms with Crippen molar-refractivity contribution in [2.75, 3.05) is 0 Å². The maximum Gasteiger partial charge on any atom is 0.309 e. The molecule has 0 amide bonds. The SMILES string of the molecule is CC(O)[C@@H]1CCCCC(C(C)(C)C(=O)O)CCC1. The summed E-state index contributed by atoms with van der Waals surface area (Å²) in [6.07, 6.45) is 7.10. The Hall–Kier alpha value is -0.570. The third-order valence-electron chi connectivity index (χ3n) is 4.76. The van der Waals surface area contributed by atoms with Gasteiger partial charge >= 0.3 is 5.97 Å². The first-order valence-electron chi connectivity index (χ1n) is 7.27. The van der Waals surface area contributed by atoms with E-state index in [9.17, 15) is 15.0 Å². The highest BCUT2D eigenvalue weighted by atomic mass is 16.4. The second-order valence-corrected chi connectivity index (χ2v) is 6.44. The van der Waals surface area contributed by atoms with Gasteiger partial charge in [0, 0.05) is 0 Å². The summed E-state index contributed by atoms with van der Waals surface area (Å²) in [5, 5.41) is 19.0. The Morgan fingerprint density at radius 1 is 1.11 bits per heavy atom. The van der Waals surface area contributed by atoms with E-state index in [1.54, 1.807) is 0 Å². The number of hydrogen-bond donors (Lipinski definition) is 2. The van der Waals surface area contributed by atoms with Gasteiger partial charge in [0.25, 0.3) is 0 Å². The predicted octanol–water partition coefficient (Wildman–Crippen LogP) is 3.45. The van der Waals surface area contributed by atoms with Crippen molar-refractivity contribution in [2.45, 2.75) is 71.8 Å². The van der Waals surface area contributed by atoms with Crippen LogP contribution in [0.2, 0.25) is 0 Å². The molecule has 0 aromatic carbocycles. The molecule has 0 radical (unpaired) electrons. The molecule has 2 unspecified atom stereocenters. The summed E-state index contributed by atoms with van der Waals surface area (Å²) in [6, 6.07) is 0. The van der Waals surface area contributed by atoms with Crippen molar-refractivity contribution in [3.8, 4) is 0 Å². The zero-order chi connectivity index (χ0) is 13.8. The quantitative estimate of drug-likeness (QED) is 0.813. The third-order valence-corrected chi connectivity index (χ3v) is 4.76. The van der Waals surface area contributed by atoms with Gasteiger partial charge in [0.2, 0.25) is 0 Å². The van der Waals surface area contributed by atoms with E-state index >= 15 is 0 Å². The maximum absolute atomic E-state index is 11.3. The van der Waals surface area contributed by atoms with Gasteiger partial charge in [-0.25, -0.2) is 0 Å². The summed E-state index contributed by atoms with van der Waals surface area (Å²) in [5.74, 6) is -0.0155. The average Bonchev–Trinajstić information content (AvgIpc) is 2.39. The van der Waals surface area contributed by atoms with Gasteiger partial charge in [-0.15, -0.1) is 0 Å². The van der Waals surface area contributed by atoms with E-state index in [4.69, 9.17) is 0 Å². The minimum absolute atomic E-state index is 0.228. The van der Waals surface area contributed by atoms with Crippen LogP contribution in [0.25, 0.3) is 0 Å².